The van der Waals surface area contributed by atoms with Crippen molar-refractivity contribution >= 4 is 0 Å². The molecule has 0 amide bonds. The van der Waals surface area contributed by atoms with E-state index < -0.39 is 0 Å². The van der Waals surface area contributed by atoms with E-state index in [0.717, 1.165) is 0 Å². The highest BCUT2D eigenvalue weighted by Crippen LogP contribution is 2.37. The van der Waals surface area contributed by atoms with Crippen LogP contribution in [0.15, 0.2) is 0 Å². The minimum Gasteiger partial charge on any atom is -0.375 e. The van der Waals surface area contributed by atoms with Crippen LogP contribution in [0.4, 0.5) is 0 Å². The van der Waals surface area contributed by atoms with Crippen molar-refractivity contribution in [2.24, 2.45) is 5.41 Å². The molecule has 0 rings (SSSR count). The number of hydrogen-bond acceptors (Lipinski definition) is 2. The van der Waals surface area contributed by atoms with E-state index in [1.165, 1.54) is 0 Å². The van der Waals surface area contributed by atoms with Gasteiger partial charge in [0.15, 0.2) is 0 Å². The van der Waals surface area contributed by atoms with Gasteiger partial charge < -0.3 is 9.47 Å². The van der Waals surface area contributed by atoms with Crippen LogP contribution in [0.1, 0.15) is 69.2 Å². The quantitative estimate of drug-likeness (QED) is 0.728. The van der Waals surface area contributed by atoms with Gasteiger partial charge in [-0.15, -0.1) is 0 Å². The van der Waals surface area contributed by atoms with Gasteiger partial charge in [0.25, 0.3) is 0 Å². The lowest BCUT2D eigenvalue weighted by Gasteiger charge is -2.46. The van der Waals surface area contributed by atoms with Gasteiger partial charge in [-0.3, -0.25) is 0 Å². The maximum Gasteiger partial charge on any atom is 0.0706 e. The second-order valence-electron chi connectivity index (χ2n) is 8.01. The van der Waals surface area contributed by atoms with Gasteiger partial charge in [0.1, 0.15) is 0 Å². The monoisotopic (exact) mass is 244 g/mol. The maximum absolute atomic E-state index is 6.18. The fourth-order valence-corrected chi connectivity index (χ4v) is 1.47. The van der Waals surface area contributed by atoms with Gasteiger partial charge in [0, 0.05) is 5.41 Å². The van der Waals surface area contributed by atoms with E-state index >= 15 is 0 Å². The zero-order chi connectivity index (χ0) is 14.1. The van der Waals surface area contributed by atoms with Crippen molar-refractivity contribution in [2.45, 2.75) is 86.0 Å². The smallest absolute Gasteiger partial charge is 0.0706 e. The van der Waals surface area contributed by atoms with E-state index in [2.05, 4.69) is 69.2 Å². The number of ether oxygens (including phenoxy) is 2. The third kappa shape index (κ3) is 6.42. The zero-order valence-corrected chi connectivity index (χ0v) is 13.5. The molecule has 0 aromatic heterocycles. The molecule has 0 atom stereocenters. The molecule has 0 aliphatic carbocycles. The molecule has 0 saturated heterocycles. The van der Waals surface area contributed by atoms with Crippen molar-refractivity contribution in [2.75, 3.05) is 6.61 Å². The van der Waals surface area contributed by atoms with Crippen LogP contribution in [0, 0.1) is 5.41 Å². The summed E-state index contributed by atoms with van der Waals surface area (Å²) in [6.07, 6.45) is 0. The molecule has 0 aromatic carbocycles. The lowest BCUT2D eigenvalue weighted by atomic mass is 9.77. The van der Waals surface area contributed by atoms with Gasteiger partial charge in [-0.25, -0.2) is 0 Å². The Hall–Kier alpha value is -0.0800. The summed E-state index contributed by atoms with van der Waals surface area (Å²) in [6.45, 7) is 21.9. The third-order valence-corrected chi connectivity index (χ3v) is 3.06. The van der Waals surface area contributed by atoms with Gasteiger partial charge in [0.05, 0.1) is 23.4 Å². The molecule has 0 aliphatic rings. The van der Waals surface area contributed by atoms with Gasteiger partial charge in [-0.1, -0.05) is 13.8 Å². The molecule has 0 saturated carbocycles. The van der Waals surface area contributed by atoms with E-state index in [1.54, 1.807) is 0 Å². The fraction of sp³-hybridized carbons (Fsp3) is 1.00. The summed E-state index contributed by atoms with van der Waals surface area (Å²) >= 11 is 0. The van der Waals surface area contributed by atoms with E-state index in [-0.39, 0.29) is 22.2 Å². The minimum atomic E-state index is -0.226. The van der Waals surface area contributed by atoms with Gasteiger partial charge >= 0.3 is 0 Å². The van der Waals surface area contributed by atoms with Crippen LogP contribution in [0.2, 0.25) is 0 Å². The largest absolute Gasteiger partial charge is 0.375 e. The molecule has 0 unspecified atom stereocenters. The van der Waals surface area contributed by atoms with Crippen LogP contribution in [0.3, 0.4) is 0 Å². The predicted octanol–water partition coefficient (Wildman–Crippen LogP) is 4.42. The molecule has 0 heterocycles. The first-order valence-electron chi connectivity index (χ1n) is 6.50. The van der Waals surface area contributed by atoms with Gasteiger partial charge in [-0.2, -0.15) is 0 Å². The Balaban J connectivity index is 4.67. The molecular formula is C15H32O2. The molecular weight excluding hydrogens is 212 g/mol. The first-order chi connectivity index (χ1) is 7.16. The summed E-state index contributed by atoms with van der Waals surface area (Å²) < 4.78 is 12.1. The summed E-state index contributed by atoms with van der Waals surface area (Å²) in [6, 6.07) is 0. The Morgan fingerprint density at radius 1 is 0.647 bits per heavy atom. The number of rotatable bonds is 4. The van der Waals surface area contributed by atoms with E-state index in [0.29, 0.717) is 6.61 Å². The first kappa shape index (κ1) is 16.9. The van der Waals surface area contributed by atoms with Crippen LogP contribution in [0.5, 0.6) is 0 Å². The molecule has 0 aromatic rings. The summed E-state index contributed by atoms with van der Waals surface area (Å²) in [5.74, 6) is 0. The summed E-state index contributed by atoms with van der Waals surface area (Å²) in [5.41, 5.74) is -0.498. The molecule has 0 N–H and O–H groups in total. The molecule has 0 spiro atoms. The highest BCUT2D eigenvalue weighted by atomic mass is 16.5. The zero-order valence-electron chi connectivity index (χ0n) is 13.5. The highest BCUT2D eigenvalue weighted by molar-refractivity contribution is 4.90. The third-order valence-electron chi connectivity index (χ3n) is 3.06. The number of hydrogen-bond donors (Lipinski definition) is 0. The Bertz CT molecular complexity index is 239. The maximum atomic E-state index is 6.18. The first-order valence-corrected chi connectivity index (χ1v) is 6.50. The molecule has 2 nitrogen and oxygen atoms in total. The van der Waals surface area contributed by atoms with Crippen LogP contribution in [-0.2, 0) is 9.47 Å². The molecule has 0 fully saturated rings. The van der Waals surface area contributed by atoms with Crippen LogP contribution < -0.4 is 0 Å². The Morgan fingerprint density at radius 3 is 1.35 bits per heavy atom. The molecule has 17 heavy (non-hydrogen) atoms. The molecule has 0 radical (unpaired) electrons. The Kier molecular flexibility index (Phi) is 4.87. The van der Waals surface area contributed by atoms with Crippen LogP contribution in [0.25, 0.3) is 0 Å². The SMILES string of the molecule is CC(C)(C)OCC(C)(C)C(C)(C)OC(C)(C)C. The predicted molar refractivity (Wildman–Crippen MR) is 74.4 cm³/mol. The standard InChI is InChI=1S/C15H32O2/c1-12(2,3)16-11-14(7,8)15(9,10)17-13(4,5)6/h11H2,1-10H3. The normalized spacial score (nSPS) is 15.2. The van der Waals surface area contributed by atoms with E-state index in [1.807, 2.05) is 0 Å². The summed E-state index contributed by atoms with van der Waals surface area (Å²) in [7, 11) is 0. The highest BCUT2D eigenvalue weighted by Gasteiger charge is 2.41. The molecule has 104 valence electrons. The van der Waals surface area contributed by atoms with Crippen LogP contribution in [-0.4, -0.2) is 23.4 Å². The van der Waals surface area contributed by atoms with Crippen molar-refractivity contribution in [3.8, 4) is 0 Å². The lowest BCUT2D eigenvalue weighted by molar-refractivity contribution is -0.191. The molecule has 0 aliphatic heterocycles. The average Bonchev–Trinajstić information content (AvgIpc) is 1.94. The summed E-state index contributed by atoms with van der Waals surface area (Å²) in [4.78, 5) is 0. The molecule has 2 heteroatoms. The fourth-order valence-electron chi connectivity index (χ4n) is 1.47. The second-order valence-corrected chi connectivity index (χ2v) is 8.01. The van der Waals surface area contributed by atoms with E-state index in [4.69, 9.17) is 9.47 Å². The van der Waals surface area contributed by atoms with Crippen molar-refractivity contribution in [1.82, 2.24) is 0 Å². The topological polar surface area (TPSA) is 18.5 Å². The van der Waals surface area contributed by atoms with Crippen molar-refractivity contribution in [3.63, 3.8) is 0 Å². The van der Waals surface area contributed by atoms with Crippen molar-refractivity contribution in [3.05, 3.63) is 0 Å². The van der Waals surface area contributed by atoms with Crippen LogP contribution >= 0.6 is 0 Å². The Morgan fingerprint density at radius 2 is 1.06 bits per heavy atom. The van der Waals surface area contributed by atoms with Crippen molar-refractivity contribution < 1.29 is 9.47 Å². The Labute approximate surface area is 108 Å². The van der Waals surface area contributed by atoms with Gasteiger partial charge in [0.2, 0.25) is 0 Å². The summed E-state index contributed by atoms with van der Waals surface area (Å²) in [5, 5.41) is 0. The van der Waals surface area contributed by atoms with Gasteiger partial charge in [-0.05, 0) is 55.4 Å². The average molecular weight is 244 g/mol. The molecule has 0 bridgehead atoms. The second kappa shape index (κ2) is 4.89. The lowest BCUT2D eigenvalue weighted by Crippen LogP contribution is -2.49. The minimum absolute atomic E-state index is 0.0342. The van der Waals surface area contributed by atoms with Crippen molar-refractivity contribution in [1.29, 1.82) is 0 Å². The van der Waals surface area contributed by atoms with E-state index in [9.17, 15) is 0 Å².